The second-order valence-electron chi connectivity index (χ2n) is 4.71. The molecule has 1 atom stereocenters. The maximum absolute atomic E-state index is 11.7. The van der Waals surface area contributed by atoms with Gasteiger partial charge in [-0.25, -0.2) is 4.79 Å². The van der Waals surface area contributed by atoms with E-state index in [1.807, 2.05) is 32.0 Å². The molecule has 1 unspecified atom stereocenters. The van der Waals surface area contributed by atoms with E-state index >= 15 is 0 Å². The van der Waals surface area contributed by atoms with E-state index < -0.39 is 6.09 Å². The van der Waals surface area contributed by atoms with Gasteiger partial charge in [0.2, 0.25) is 0 Å². The fraction of sp³-hybridized carbons (Fsp3) is 0.500. The molecule has 1 aromatic carbocycles. The first-order valence-electron chi connectivity index (χ1n) is 6.46. The van der Waals surface area contributed by atoms with Gasteiger partial charge < -0.3 is 15.8 Å². The molecule has 0 radical (unpaired) electrons. The molecule has 0 aromatic heterocycles. The van der Waals surface area contributed by atoms with Crippen LogP contribution in [0.2, 0.25) is 0 Å². The highest BCUT2D eigenvalue weighted by molar-refractivity contribution is 9.10. The number of nitrogens with two attached hydrogens (primary N) is 1. The molecule has 0 heterocycles. The summed E-state index contributed by atoms with van der Waals surface area (Å²) >= 11 is 3.42. The van der Waals surface area contributed by atoms with Crippen molar-refractivity contribution in [3.05, 3.63) is 28.2 Å². The highest BCUT2D eigenvalue weighted by Gasteiger charge is 2.18. The van der Waals surface area contributed by atoms with Crippen LogP contribution in [0.5, 0.6) is 0 Å². The van der Waals surface area contributed by atoms with E-state index in [0.717, 1.165) is 22.9 Å². The van der Waals surface area contributed by atoms with E-state index in [4.69, 9.17) is 10.5 Å². The average molecular weight is 329 g/mol. The number of nitrogen functional groups attached to an aromatic ring is 1. The van der Waals surface area contributed by atoms with Gasteiger partial charge in [-0.1, -0.05) is 29.3 Å². The summed E-state index contributed by atoms with van der Waals surface area (Å²) in [5.74, 6) is 0. The maximum atomic E-state index is 11.7. The van der Waals surface area contributed by atoms with Gasteiger partial charge in [0.05, 0.1) is 12.1 Å². The third-order valence-electron chi connectivity index (χ3n) is 2.64. The Balaban J connectivity index is 2.87. The van der Waals surface area contributed by atoms with Crippen molar-refractivity contribution in [2.45, 2.75) is 45.8 Å². The van der Waals surface area contributed by atoms with Crippen LogP contribution in [-0.4, -0.2) is 12.2 Å². The van der Waals surface area contributed by atoms with Gasteiger partial charge in [-0.3, -0.25) is 0 Å². The Hall–Kier alpha value is -1.23. The van der Waals surface area contributed by atoms with E-state index in [2.05, 4.69) is 28.2 Å². The first-order valence-corrected chi connectivity index (χ1v) is 7.25. The Morgan fingerprint density at radius 3 is 2.74 bits per heavy atom. The molecule has 106 valence electrons. The number of rotatable bonds is 5. The van der Waals surface area contributed by atoms with Crippen LogP contribution in [0.4, 0.5) is 10.5 Å². The molecule has 1 aromatic rings. The third-order valence-corrected chi connectivity index (χ3v) is 3.13. The van der Waals surface area contributed by atoms with E-state index in [9.17, 15) is 4.79 Å². The zero-order valence-electron chi connectivity index (χ0n) is 11.6. The summed E-state index contributed by atoms with van der Waals surface area (Å²) in [6, 6.07) is 5.52. The first kappa shape index (κ1) is 15.8. The molecule has 0 saturated heterocycles. The van der Waals surface area contributed by atoms with Gasteiger partial charge in [0.15, 0.2) is 0 Å². The zero-order valence-corrected chi connectivity index (χ0v) is 13.2. The zero-order chi connectivity index (χ0) is 14.4. The summed E-state index contributed by atoms with van der Waals surface area (Å²) in [6.45, 7) is 5.71. The predicted molar refractivity (Wildman–Crippen MR) is 81.0 cm³/mol. The molecular weight excluding hydrogens is 308 g/mol. The SMILES string of the molecule is CCCC(NC(=O)OC(C)C)c1cc(Br)ccc1N. The fourth-order valence-corrected chi connectivity index (χ4v) is 2.21. The number of hydrogen-bond acceptors (Lipinski definition) is 3. The molecule has 4 nitrogen and oxygen atoms in total. The molecule has 1 rings (SSSR count). The number of hydrogen-bond donors (Lipinski definition) is 2. The van der Waals surface area contributed by atoms with Crippen LogP contribution in [0.1, 0.15) is 45.2 Å². The van der Waals surface area contributed by atoms with Crippen molar-refractivity contribution in [2.75, 3.05) is 5.73 Å². The Morgan fingerprint density at radius 2 is 2.16 bits per heavy atom. The number of amides is 1. The van der Waals surface area contributed by atoms with Crippen molar-refractivity contribution in [2.24, 2.45) is 0 Å². The van der Waals surface area contributed by atoms with Gasteiger partial charge in [-0.15, -0.1) is 0 Å². The van der Waals surface area contributed by atoms with Crippen LogP contribution in [0.15, 0.2) is 22.7 Å². The second-order valence-corrected chi connectivity index (χ2v) is 5.63. The summed E-state index contributed by atoms with van der Waals surface area (Å²) in [6.07, 6.45) is 1.21. The predicted octanol–water partition coefficient (Wildman–Crippen LogP) is 4.01. The summed E-state index contributed by atoms with van der Waals surface area (Å²) in [7, 11) is 0. The highest BCUT2D eigenvalue weighted by Crippen LogP contribution is 2.27. The standard InChI is InChI=1S/C14H21BrN2O2/c1-4-5-13(17-14(18)19-9(2)3)11-8-10(15)6-7-12(11)16/h6-9,13H,4-5,16H2,1-3H3,(H,17,18). The summed E-state index contributed by atoms with van der Waals surface area (Å²) < 4.78 is 6.06. The number of carbonyl (C=O) groups excluding carboxylic acids is 1. The lowest BCUT2D eigenvalue weighted by atomic mass is 10.0. The van der Waals surface area contributed by atoms with Crippen molar-refractivity contribution >= 4 is 27.7 Å². The number of anilines is 1. The van der Waals surface area contributed by atoms with E-state index in [-0.39, 0.29) is 12.1 Å². The number of carbonyl (C=O) groups is 1. The highest BCUT2D eigenvalue weighted by atomic mass is 79.9. The Bertz CT molecular complexity index is 435. The van der Waals surface area contributed by atoms with Gasteiger partial charge in [0.1, 0.15) is 0 Å². The Kier molecular flexibility index (Phi) is 6.15. The molecule has 0 aliphatic carbocycles. The molecule has 0 aliphatic rings. The molecular formula is C14H21BrN2O2. The topological polar surface area (TPSA) is 64.3 Å². The van der Waals surface area contributed by atoms with Gasteiger partial charge in [0.25, 0.3) is 0 Å². The van der Waals surface area contributed by atoms with E-state index in [1.54, 1.807) is 0 Å². The molecule has 0 bridgehead atoms. The summed E-state index contributed by atoms with van der Waals surface area (Å²) in [5, 5.41) is 2.87. The van der Waals surface area contributed by atoms with Crippen molar-refractivity contribution in [1.29, 1.82) is 0 Å². The number of nitrogens with one attached hydrogen (secondary N) is 1. The lowest BCUT2D eigenvalue weighted by Crippen LogP contribution is -2.31. The van der Waals surface area contributed by atoms with Crippen molar-refractivity contribution < 1.29 is 9.53 Å². The summed E-state index contributed by atoms with van der Waals surface area (Å²) in [4.78, 5) is 11.7. The van der Waals surface area contributed by atoms with Crippen LogP contribution in [0, 0.1) is 0 Å². The number of halogens is 1. The van der Waals surface area contributed by atoms with Crippen LogP contribution < -0.4 is 11.1 Å². The Morgan fingerprint density at radius 1 is 1.47 bits per heavy atom. The second kappa shape index (κ2) is 7.38. The smallest absolute Gasteiger partial charge is 0.407 e. The van der Waals surface area contributed by atoms with Crippen LogP contribution >= 0.6 is 15.9 Å². The van der Waals surface area contributed by atoms with Crippen LogP contribution in [0.3, 0.4) is 0 Å². The molecule has 0 saturated carbocycles. The summed E-state index contributed by atoms with van der Waals surface area (Å²) in [5.41, 5.74) is 7.57. The van der Waals surface area contributed by atoms with Crippen molar-refractivity contribution in [3.63, 3.8) is 0 Å². The van der Waals surface area contributed by atoms with Crippen LogP contribution in [-0.2, 0) is 4.74 Å². The number of benzene rings is 1. The minimum atomic E-state index is -0.409. The lowest BCUT2D eigenvalue weighted by molar-refractivity contribution is 0.111. The van der Waals surface area contributed by atoms with Crippen LogP contribution in [0.25, 0.3) is 0 Å². The van der Waals surface area contributed by atoms with Gasteiger partial charge >= 0.3 is 6.09 Å². The molecule has 5 heteroatoms. The molecule has 1 amide bonds. The fourth-order valence-electron chi connectivity index (χ4n) is 1.83. The largest absolute Gasteiger partial charge is 0.447 e. The normalized spacial score (nSPS) is 12.3. The lowest BCUT2D eigenvalue weighted by Gasteiger charge is -2.21. The minimum Gasteiger partial charge on any atom is -0.447 e. The van der Waals surface area contributed by atoms with E-state index in [0.29, 0.717) is 5.69 Å². The average Bonchev–Trinajstić information content (AvgIpc) is 2.30. The monoisotopic (exact) mass is 328 g/mol. The van der Waals surface area contributed by atoms with Crippen molar-refractivity contribution in [3.8, 4) is 0 Å². The van der Waals surface area contributed by atoms with E-state index in [1.165, 1.54) is 0 Å². The number of alkyl carbamates (subject to hydrolysis) is 1. The quantitative estimate of drug-likeness (QED) is 0.802. The minimum absolute atomic E-state index is 0.131. The first-order chi connectivity index (χ1) is 8.93. The molecule has 3 N–H and O–H groups in total. The van der Waals surface area contributed by atoms with Gasteiger partial charge in [-0.05, 0) is 44.0 Å². The van der Waals surface area contributed by atoms with Gasteiger partial charge in [-0.2, -0.15) is 0 Å². The molecule has 19 heavy (non-hydrogen) atoms. The third kappa shape index (κ3) is 5.11. The Labute approximate surface area is 122 Å². The van der Waals surface area contributed by atoms with Gasteiger partial charge in [0, 0.05) is 10.2 Å². The maximum Gasteiger partial charge on any atom is 0.407 e. The van der Waals surface area contributed by atoms with Crippen molar-refractivity contribution in [1.82, 2.24) is 5.32 Å². The molecule has 0 spiro atoms. The molecule has 0 aliphatic heterocycles. The number of ether oxygens (including phenoxy) is 1. The molecule has 0 fully saturated rings.